The monoisotopic (exact) mass is 352 g/mol. The zero-order chi connectivity index (χ0) is 18.5. The number of phenolic OH excluding ortho intramolecular Hbond substituents is 1. The highest BCUT2D eigenvalue weighted by molar-refractivity contribution is 5.68. The van der Waals surface area contributed by atoms with E-state index in [0.717, 1.165) is 18.7 Å². The minimum Gasteiger partial charge on any atom is -0.508 e. The van der Waals surface area contributed by atoms with Crippen molar-refractivity contribution in [2.75, 3.05) is 26.2 Å². The number of benzene rings is 2. The lowest BCUT2D eigenvalue weighted by Crippen LogP contribution is -2.53. The van der Waals surface area contributed by atoms with Crippen molar-refractivity contribution in [3.05, 3.63) is 53.6 Å². The van der Waals surface area contributed by atoms with Crippen LogP contribution < -0.4 is 5.32 Å². The highest BCUT2D eigenvalue weighted by Crippen LogP contribution is 2.35. The molecule has 0 radical (unpaired) electrons. The maximum Gasteiger partial charge on any atom is 0.115 e. The van der Waals surface area contributed by atoms with Crippen LogP contribution in [0.2, 0.25) is 0 Å². The molecule has 1 aliphatic rings. The van der Waals surface area contributed by atoms with E-state index in [1.807, 2.05) is 19.1 Å². The van der Waals surface area contributed by atoms with Gasteiger partial charge in [0.2, 0.25) is 0 Å². The molecule has 2 aromatic carbocycles. The summed E-state index contributed by atoms with van der Waals surface area (Å²) >= 11 is 0. The van der Waals surface area contributed by atoms with E-state index >= 15 is 0 Å². The minimum atomic E-state index is 0.330. The maximum atomic E-state index is 9.59. The molecule has 1 saturated heterocycles. The second-order valence-corrected chi connectivity index (χ2v) is 7.52. The third-order valence-electron chi connectivity index (χ3n) is 5.75. The summed E-state index contributed by atoms with van der Waals surface area (Å²) in [4.78, 5) is 2.61. The Bertz CT molecular complexity index is 711. The quantitative estimate of drug-likeness (QED) is 0.685. The zero-order valence-electron chi connectivity index (χ0n) is 16.3. The van der Waals surface area contributed by atoms with Gasteiger partial charge in [0.05, 0.1) is 0 Å². The molecule has 0 aliphatic carbocycles. The average Bonchev–Trinajstić information content (AvgIpc) is 2.63. The fourth-order valence-electron chi connectivity index (χ4n) is 3.99. The lowest BCUT2D eigenvalue weighted by molar-refractivity contribution is 0.0709. The first kappa shape index (κ1) is 18.9. The molecule has 0 bridgehead atoms. The number of nitrogens with zero attached hydrogens (tertiary/aromatic N) is 1. The van der Waals surface area contributed by atoms with Gasteiger partial charge in [0.15, 0.2) is 0 Å². The van der Waals surface area contributed by atoms with E-state index < -0.39 is 0 Å². The van der Waals surface area contributed by atoms with Crippen LogP contribution in [-0.4, -0.2) is 42.2 Å². The Morgan fingerprint density at radius 3 is 2.54 bits per heavy atom. The standard InChI is InChI=1S/C23H32N2O/c1-4-24-13-5-6-14-25-16-23(18(25)3)20-9-7-19(8-10-20)22-12-11-21(26)15-17(22)2/h7-12,15,18,23-24,26H,4-6,13-14,16H2,1-3H3/t18-,23?/m1/s1. The summed E-state index contributed by atoms with van der Waals surface area (Å²) < 4.78 is 0. The van der Waals surface area contributed by atoms with Crippen LogP contribution in [0.3, 0.4) is 0 Å². The van der Waals surface area contributed by atoms with E-state index in [0.29, 0.717) is 17.7 Å². The fourth-order valence-corrected chi connectivity index (χ4v) is 3.99. The molecular weight excluding hydrogens is 320 g/mol. The molecule has 0 aromatic heterocycles. The van der Waals surface area contributed by atoms with E-state index in [9.17, 15) is 5.11 Å². The van der Waals surface area contributed by atoms with Gasteiger partial charge in [0.25, 0.3) is 0 Å². The first-order chi connectivity index (χ1) is 12.6. The summed E-state index contributed by atoms with van der Waals surface area (Å²) in [5.74, 6) is 0.982. The van der Waals surface area contributed by atoms with E-state index in [1.54, 1.807) is 6.07 Å². The van der Waals surface area contributed by atoms with E-state index in [2.05, 4.69) is 48.3 Å². The van der Waals surface area contributed by atoms with Crippen LogP contribution in [-0.2, 0) is 0 Å². The van der Waals surface area contributed by atoms with Gasteiger partial charge in [0.1, 0.15) is 5.75 Å². The molecule has 0 saturated carbocycles. The zero-order valence-corrected chi connectivity index (χ0v) is 16.3. The topological polar surface area (TPSA) is 35.5 Å². The summed E-state index contributed by atoms with van der Waals surface area (Å²) in [5, 5.41) is 13.0. The van der Waals surface area contributed by atoms with Gasteiger partial charge in [-0.1, -0.05) is 37.3 Å². The van der Waals surface area contributed by atoms with Crippen LogP contribution in [0, 0.1) is 6.92 Å². The molecule has 0 spiro atoms. The second kappa shape index (κ2) is 8.70. The lowest BCUT2D eigenvalue weighted by atomic mass is 9.83. The molecule has 1 aliphatic heterocycles. The van der Waals surface area contributed by atoms with Crippen molar-refractivity contribution in [2.45, 2.75) is 45.6 Å². The van der Waals surface area contributed by atoms with Gasteiger partial charge in [-0.15, -0.1) is 0 Å². The number of rotatable bonds is 8. The Labute approximate surface area is 158 Å². The smallest absolute Gasteiger partial charge is 0.115 e. The number of aromatic hydroxyl groups is 1. The van der Waals surface area contributed by atoms with Crippen molar-refractivity contribution >= 4 is 0 Å². The minimum absolute atomic E-state index is 0.330. The van der Waals surface area contributed by atoms with Gasteiger partial charge < -0.3 is 10.4 Å². The van der Waals surface area contributed by atoms with Crippen LogP contribution in [0.4, 0.5) is 0 Å². The van der Waals surface area contributed by atoms with E-state index in [-0.39, 0.29) is 0 Å². The Hall–Kier alpha value is -1.84. The van der Waals surface area contributed by atoms with Crippen LogP contribution in [0.1, 0.15) is 43.7 Å². The number of aryl methyl sites for hydroxylation is 1. The number of hydrogen-bond donors (Lipinski definition) is 2. The van der Waals surface area contributed by atoms with Gasteiger partial charge in [-0.2, -0.15) is 0 Å². The van der Waals surface area contributed by atoms with E-state index in [1.165, 1.54) is 42.6 Å². The van der Waals surface area contributed by atoms with Crippen LogP contribution in [0.15, 0.2) is 42.5 Å². The molecule has 1 unspecified atom stereocenters. The normalized spacial score (nSPS) is 20.1. The van der Waals surface area contributed by atoms with Crippen molar-refractivity contribution in [1.29, 1.82) is 0 Å². The SMILES string of the molecule is CCNCCCCN1CC(c2ccc(-c3ccc(O)cc3C)cc2)[C@H]1C. The van der Waals surface area contributed by atoms with Crippen LogP contribution in [0.5, 0.6) is 5.75 Å². The summed E-state index contributed by atoms with van der Waals surface area (Å²) in [5.41, 5.74) is 4.97. The molecule has 1 fully saturated rings. The van der Waals surface area contributed by atoms with Gasteiger partial charge in [-0.25, -0.2) is 0 Å². The third-order valence-corrected chi connectivity index (χ3v) is 5.75. The van der Waals surface area contributed by atoms with Gasteiger partial charge in [-0.3, -0.25) is 4.90 Å². The molecule has 2 aromatic rings. The Morgan fingerprint density at radius 1 is 1.12 bits per heavy atom. The summed E-state index contributed by atoms with van der Waals surface area (Å²) in [7, 11) is 0. The molecule has 0 amide bonds. The molecule has 3 heteroatoms. The Kier molecular flexibility index (Phi) is 6.33. The number of likely N-dealkylation sites (tertiary alicyclic amines) is 1. The van der Waals surface area contributed by atoms with Crippen molar-refractivity contribution in [3.8, 4) is 16.9 Å². The molecule has 3 rings (SSSR count). The Balaban J connectivity index is 1.55. The molecular formula is C23H32N2O. The van der Waals surface area contributed by atoms with Gasteiger partial charge in [-0.05, 0) is 80.7 Å². The first-order valence-electron chi connectivity index (χ1n) is 9.95. The van der Waals surface area contributed by atoms with E-state index in [4.69, 9.17) is 0 Å². The molecule has 140 valence electrons. The molecule has 2 N–H and O–H groups in total. The predicted molar refractivity (Wildman–Crippen MR) is 110 cm³/mol. The van der Waals surface area contributed by atoms with Crippen molar-refractivity contribution < 1.29 is 5.11 Å². The number of hydrogen-bond acceptors (Lipinski definition) is 3. The van der Waals surface area contributed by atoms with Gasteiger partial charge >= 0.3 is 0 Å². The largest absolute Gasteiger partial charge is 0.508 e. The number of nitrogens with one attached hydrogen (secondary N) is 1. The van der Waals surface area contributed by atoms with Crippen molar-refractivity contribution in [2.24, 2.45) is 0 Å². The predicted octanol–water partition coefficient (Wildman–Crippen LogP) is 4.55. The van der Waals surface area contributed by atoms with Crippen LogP contribution in [0.25, 0.3) is 11.1 Å². The third kappa shape index (κ3) is 4.28. The maximum absolute atomic E-state index is 9.59. The average molecular weight is 353 g/mol. The number of phenols is 1. The molecule has 26 heavy (non-hydrogen) atoms. The summed E-state index contributed by atoms with van der Waals surface area (Å²) in [6, 6.07) is 15.2. The highest BCUT2D eigenvalue weighted by Gasteiger charge is 2.35. The van der Waals surface area contributed by atoms with Crippen LogP contribution >= 0.6 is 0 Å². The fraction of sp³-hybridized carbons (Fsp3) is 0.478. The second-order valence-electron chi connectivity index (χ2n) is 7.52. The molecule has 3 nitrogen and oxygen atoms in total. The highest BCUT2D eigenvalue weighted by atomic mass is 16.3. The van der Waals surface area contributed by atoms with Gasteiger partial charge in [0, 0.05) is 18.5 Å². The molecule has 1 heterocycles. The lowest BCUT2D eigenvalue weighted by Gasteiger charge is -2.47. The van der Waals surface area contributed by atoms with Crippen molar-refractivity contribution in [1.82, 2.24) is 10.2 Å². The summed E-state index contributed by atoms with van der Waals surface area (Å²) in [6.07, 6.45) is 2.55. The molecule has 2 atom stereocenters. The van der Waals surface area contributed by atoms with Crippen molar-refractivity contribution in [3.63, 3.8) is 0 Å². The summed E-state index contributed by atoms with van der Waals surface area (Å²) in [6.45, 7) is 11.2. The number of unbranched alkanes of at least 4 members (excludes halogenated alkanes) is 1. The Morgan fingerprint density at radius 2 is 1.88 bits per heavy atom. The first-order valence-corrected chi connectivity index (χ1v) is 9.95.